The number of hydrogen-bond acceptors (Lipinski definition) is 2. The van der Waals surface area contributed by atoms with Gasteiger partial charge in [-0.25, -0.2) is 0 Å². The highest BCUT2D eigenvalue weighted by Crippen LogP contribution is 2.46. The molecule has 122 valence electrons. The molecular weight excluding hydrogens is 413 g/mol. The Kier molecular flexibility index (Phi) is 6.64. The Morgan fingerprint density at radius 3 is 2.43 bits per heavy atom. The zero-order valence-electron chi connectivity index (χ0n) is 13.0. The standard InChI is InChI=1S/C18H17BrClNS.ClH/c1-21(2)9-3-4-14-15-10-12(19)5-7-17(15)22-18-8-6-13(20)11-16(14)18;/h4-8,10-11H,3,9H2,1-2H3;1H/b14-4+;. The van der Waals surface area contributed by atoms with E-state index in [2.05, 4.69) is 71.3 Å². The first-order chi connectivity index (χ1) is 10.5. The van der Waals surface area contributed by atoms with E-state index in [1.54, 1.807) is 0 Å². The minimum absolute atomic E-state index is 0. The van der Waals surface area contributed by atoms with Crippen LogP contribution in [0.2, 0.25) is 5.02 Å². The maximum absolute atomic E-state index is 6.23. The topological polar surface area (TPSA) is 3.24 Å². The van der Waals surface area contributed by atoms with Crippen LogP contribution < -0.4 is 0 Å². The molecule has 1 aliphatic heterocycles. The van der Waals surface area contributed by atoms with Gasteiger partial charge in [0.1, 0.15) is 0 Å². The second-order valence-corrected chi connectivity index (χ2v) is 8.03. The quantitative estimate of drug-likeness (QED) is 0.474. The van der Waals surface area contributed by atoms with Crippen LogP contribution in [-0.2, 0) is 0 Å². The van der Waals surface area contributed by atoms with Gasteiger partial charge in [-0.1, -0.05) is 45.4 Å². The van der Waals surface area contributed by atoms with Crippen LogP contribution in [0.4, 0.5) is 0 Å². The molecule has 1 aliphatic rings. The van der Waals surface area contributed by atoms with E-state index in [1.807, 2.05) is 17.8 Å². The lowest BCUT2D eigenvalue weighted by Gasteiger charge is -2.23. The minimum atomic E-state index is 0. The van der Waals surface area contributed by atoms with Gasteiger partial charge in [-0.3, -0.25) is 0 Å². The molecule has 0 amide bonds. The summed E-state index contributed by atoms with van der Waals surface area (Å²) in [5.74, 6) is 0. The van der Waals surface area contributed by atoms with E-state index in [0.717, 1.165) is 22.5 Å². The first-order valence-corrected chi connectivity index (χ1v) is 9.16. The van der Waals surface area contributed by atoms with Crippen LogP contribution in [0.5, 0.6) is 0 Å². The van der Waals surface area contributed by atoms with Crippen molar-refractivity contribution in [1.82, 2.24) is 4.90 Å². The molecule has 0 saturated heterocycles. The molecule has 0 unspecified atom stereocenters. The van der Waals surface area contributed by atoms with Crippen LogP contribution in [0, 0.1) is 0 Å². The number of fused-ring (bicyclic) bond motifs is 2. The molecule has 3 rings (SSSR count). The second-order valence-electron chi connectivity index (χ2n) is 5.59. The lowest BCUT2D eigenvalue weighted by atomic mass is 9.96. The predicted octanol–water partition coefficient (Wildman–Crippen LogP) is 6.37. The predicted molar refractivity (Wildman–Crippen MR) is 107 cm³/mol. The SMILES string of the molecule is CN(C)CC/C=C1/c2cc(Cl)ccc2Sc2ccc(Br)cc21.Cl. The maximum atomic E-state index is 6.23. The van der Waals surface area contributed by atoms with Crippen molar-refractivity contribution in [2.75, 3.05) is 20.6 Å². The zero-order valence-corrected chi connectivity index (χ0v) is 17.0. The summed E-state index contributed by atoms with van der Waals surface area (Å²) in [7, 11) is 4.20. The van der Waals surface area contributed by atoms with Crippen molar-refractivity contribution < 1.29 is 0 Å². The third-order valence-electron chi connectivity index (χ3n) is 3.61. The monoisotopic (exact) mass is 429 g/mol. The summed E-state index contributed by atoms with van der Waals surface area (Å²) >= 11 is 11.6. The third kappa shape index (κ3) is 4.34. The molecule has 2 aromatic carbocycles. The van der Waals surface area contributed by atoms with Crippen LogP contribution in [0.15, 0.2) is 56.7 Å². The Bertz CT molecular complexity index is 690. The van der Waals surface area contributed by atoms with Crippen molar-refractivity contribution in [3.8, 4) is 0 Å². The molecule has 0 bridgehead atoms. The summed E-state index contributed by atoms with van der Waals surface area (Å²) in [4.78, 5) is 4.78. The average Bonchev–Trinajstić information content (AvgIpc) is 2.47. The van der Waals surface area contributed by atoms with Gasteiger partial charge in [0.2, 0.25) is 0 Å². The van der Waals surface area contributed by atoms with Crippen molar-refractivity contribution in [3.05, 3.63) is 63.1 Å². The highest BCUT2D eigenvalue weighted by molar-refractivity contribution is 9.10. The average molecular weight is 431 g/mol. The first kappa shape index (κ1) is 18.9. The molecule has 0 aromatic heterocycles. The third-order valence-corrected chi connectivity index (χ3v) is 5.49. The van der Waals surface area contributed by atoms with Gasteiger partial charge >= 0.3 is 0 Å². The largest absolute Gasteiger partial charge is 0.309 e. The molecule has 0 saturated carbocycles. The van der Waals surface area contributed by atoms with Crippen LogP contribution in [0.1, 0.15) is 17.5 Å². The number of benzene rings is 2. The molecule has 0 spiro atoms. The molecule has 0 fully saturated rings. The Morgan fingerprint density at radius 1 is 1.09 bits per heavy atom. The Morgan fingerprint density at radius 2 is 1.74 bits per heavy atom. The van der Waals surface area contributed by atoms with Gasteiger partial charge in [0.05, 0.1) is 0 Å². The van der Waals surface area contributed by atoms with E-state index in [1.165, 1.54) is 26.5 Å². The highest BCUT2D eigenvalue weighted by Gasteiger charge is 2.21. The van der Waals surface area contributed by atoms with E-state index >= 15 is 0 Å². The lowest BCUT2D eigenvalue weighted by Crippen LogP contribution is -2.12. The fraction of sp³-hybridized carbons (Fsp3) is 0.222. The van der Waals surface area contributed by atoms with Crippen LogP contribution in [0.25, 0.3) is 5.57 Å². The minimum Gasteiger partial charge on any atom is -0.309 e. The molecule has 1 nitrogen and oxygen atoms in total. The van der Waals surface area contributed by atoms with Crippen LogP contribution in [0.3, 0.4) is 0 Å². The van der Waals surface area contributed by atoms with Gasteiger partial charge in [0.25, 0.3) is 0 Å². The first-order valence-electron chi connectivity index (χ1n) is 7.17. The molecule has 2 aromatic rings. The number of hydrogen-bond donors (Lipinski definition) is 0. The maximum Gasteiger partial charge on any atom is 0.0412 e. The van der Waals surface area contributed by atoms with E-state index in [4.69, 9.17) is 11.6 Å². The van der Waals surface area contributed by atoms with Crippen molar-refractivity contribution in [2.24, 2.45) is 0 Å². The molecule has 23 heavy (non-hydrogen) atoms. The molecular formula is C18H18BrCl2NS. The van der Waals surface area contributed by atoms with Gasteiger partial charge in [-0.15, -0.1) is 12.4 Å². The van der Waals surface area contributed by atoms with Crippen molar-refractivity contribution in [1.29, 1.82) is 0 Å². The fourth-order valence-electron chi connectivity index (χ4n) is 2.55. The second kappa shape index (κ2) is 8.09. The fourth-order valence-corrected chi connectivity index (χ4v) is 4.15. The highest BCUT2D eigenvalue weighted by atomic mass is 79.9. The van der Waals surface area contributed by atoms with Crippen molar-refractivity contribution in [3.63, 3.8) is 0 Å². The normalized spacial score (nSPS) is 14.4. The molecule has 0 aliphatic carbocycles. The van der Waals surface area contributed by atoms with E-state index in [0.29, 0.717) is 0 Å². The lowest BCUT2D eigenvalue weighted by molar-refractivity contribution is 0.417. The van der Waals surface area contributed by atoms with Gasteiger partial charge in [0, 0.05) is 25.8 Å². The smallest absolute Gasteiger partial charge is 0.0412 e. The molecule has 0 radical (unpaired) electrons. The Balaban J connectivity index is 0.00000192. The van der Waals surface area contributed by atoms with Gasteiger partial charge < -0.3 is 4.90 Å². The van der Waals surface area contributed by atoms with E-state index in [-0.39, 0.29) is 12.4 Å². The van der Waals surface area contributed by atoms with Crippen molar-refractivity contribution >= 4 is 57.3 Å². The summed E-state index contributed by atoms with van der Waals surface area (Å²) in [6.07, 6.45) is 3.35. The zero-order chi connectivity index (χ0) is 15.7. The van der Waals surface area contributed by atoms with Crippen molar-refractivity contribution in [2.45, 2.75) is 16.2 Å². The summed E-state index contributed by atoms with van der Waals surface area (Å²) in [6, 6.07) is 12.6. The molecule has 5 heteroatoms. The summed E-state index contributed by atoms with van der Waals surface area (Å²) < 4.78 is 1.11. The van der Waals surface area contributed by atoms with Gasteiger partial charge in [-0.05, 0) is 73.6 Å². The van der Waals surface area contributed by atoms with Crippen LogP contribution in [-0.4, -0.2) is 25.5 Å². The van der Waals surface area contributed by atoms with E-state index < -0.39 is 0 Å². The number of halogens is 3. The molecule has 0 atom stereocenters. The molecule has 1 heterocycles. The number of rotatable bonds is 3. The summed E-state index contributed by atoms with van der Waals surface area (Å²) in [5.41, 5.74) is 3.81. The van der Waals surface area contributed by atoms with E-state index in [9.17, 15) is 0 Å². The summed E-state index contributed by atoms with van der Waals surface area (Å²) in [5, 5.41) is 0.788. The van der Waals surface area contributed by atoms with Crippen LogP contribution >= 0.6 is 51.7 Å². The Hall–Kier alpha value is -0.450. The number of nitrogens with zero attached hydrogens (tertiary/aromatic N) is 1. The van der Waals surface area contributed by atoms with Gasteiger partial charge in [-0.2, -0.15) is 0 Å². The van der Waals surface area contributed by atoms with Gasteiger partial charge in [0.15, 0.2) is 0 Å². The summed E-state index contributed by atoms with van der Waals surface area (Å²) in [6.45, 7) is 1.04. The molecule has 0 N–H and O–H groups in total. The Labute approximate surface area is 161 Å².